The third-order valence-electron chi connectivity index (χ3n) is 5.28. The topological polar surface area (TPSA) is 76.0 Å². The van der Waals surface area contributed by atoms with Crippen LogP contribution in [0.4, 0.5) is 0 Å². The molecule has 6 heteroatoms. The van der Waals surface area contributed by atoms with Gasteiger partial charge in [0, 0.05) is 6.42 Å². The predicted octanol–water partition coefficient (Wildman–Crippen LogP) is 3.41. The van der Waals surface area contributed by atoms with E-state index in [0.29, 0.717) is 0 Å². The molecule has 5 nitrogen and oxygen atoms in total. The number of carbonyl (C=O) groups excluding carboxylic acids is 1. The zero-order valence-corrected chi connectivity index (χ0v) is 21.2. The second-order valence-corrected chi connectivity index (χ2v) is 14.6. The minimum absolute atomic E-state index is 0.0391. The lowest BCUT2D eigenvalue weighted by Crippen LogP contribution is -2.67. The summed E-state index contributed by atoms with van der Waals surface area (Å²) in [6.45, 7) is 11.9. The first-order valence-electron chi connectivity index (χ1n) is 11.2. The van der Waals surface area contributed by atoms with Gasteiger partial charge in [-0.3, -0.25) is 4.79 Å². The van der Waals surface area contributed by atoms with Gasteiger partial charge >= 0.3 is 5.97 Å². The van der Waals surface area contributed by atoms with Crippen molar-refractivity contribution >= 4 is 24.7 Å². The minimum Gasteiger partial charge on any atom is -0.460 e. The van der Waals surface area contributed by atoms with Crippen LogP contribution in [0.2, 0.25) is 5.04 Å². The molecule has 0 aliphatic heterocycles. The van der Waals surface area contributed by atoms with Crippen LogP contribution in [0.5, 0.6) is 0 Å². The molecule has 2 rings (SSSR count). The molecule has 0 unspecified atom stereocenters. The fourth-order valence-corrected chi connectivity index (χ4v) is 8.62. The van der Waals surface area contributed by atoms with Crippen LogP contribution >= 0.6 is 0 Å². The maximum atomic E-state index is 12.0. The first-order chi connectivity index (χ1) is 14.8. The van der Waals surface area contributed by atoms with Crippen molar-refractivity contribution in [2.24, 2.45) is 0 Å². The van der Waals surface area contributed by atoms with Gasteiger partial charge in [-0.1, -0.05) is 81.4 Å². The lowest BCUT2D eigenvalue weighted by Gasteiger charge is -2.43. The normalized spacial score (nSPS) is 14.6. The van der Waals surface area contributed by atoms with Gasteiger partial charge in [-0.05, 0) is 36.2 Å². The van der Waals surface area contributed by atoms with Gasteiger partial charge in [0.15, 0.2) is 0 Å². The average Bonchev–Trinajstić information content (AvgIpc) is 2.67. The number of ether oxygens (including phenoxy) is 1. The summed E-state index contributed by atoms with van der Waals surface area (Å²) in [7, 11) is -2.76. The van der Waals surface area contributed by atoms with Crippen molar-refractivity contribution in [2.45, 2.75) is 77.2 Å². The Morgan fingerprint density at radius 1 is 0.844 bits per heavy atom. The molecular formula is C26H38O5Si. The zero-order valence-electron chi connectivity index (χ0n) is 20.2. The van der Waals surface area contributed by atoms with Crippen LogP contribution in [0.25, 0.3) is 0 Å². The summed E-state index contributed by atoms with van der Waals surface area (Å²) in [5, 5.41) is 23.0. The van der Waals surface area contributed by atoms with E-state index in [1.54, 1.807) is 20.8 Å². The Labute approximate surface area is 193 Å². The molecule has 0 saturated heterocycles. The van der Waals surface area contributed by atoms with Crippen molar-refractivity contribution in [3.63, 3.8) is 0 Å². The molecule has 0 bridgehead atoms. The van der Waals surface area contributed by atoms with Crippen LogP contribution in [-0.2, 0) is 14.0 Å². The predicted molar refractivity (Wildman–Crippen MR) is 131 cm³/mol. The van der Waals surface area contributed by atoms with Crippen LogP contribution < -0.4 is 10.4 Å². The highest BCUT2D eigenvalue weighted by Gasteiger charge is 2.50. The largest absolute Gasteiger partial charge is 0.460 e. The van der Waals surface area contributed by atoms with Crippen molar-refractivity contribution < 1.29 is 24.2 Å². The molecule has 176 valence electrons. The molecule has 2 aromatic carbocycles. The van der Waals surface area contributed by atoms with E-state index in [1.807, 2.05) is 36.4 Å². The molecule has 0 spiro atoms. The number of aliphatic hydroxyl groups excluding tert-OH is 2. The van der Waals surface area contributed by atoms with E-state index in [4.69, 9.17) is 9.16 Å². The van der Waals surface area contributed by atoms with Crippen LogP contribution in [0.1, 0.15) is 54.4 Å². The highest BCUT2D eigenvalue weighted by Crippen LogP contribution is 2.36. The third kappa shape index (κ3) is 7.00. The Hall–Kier alpha value is -1.99. The number of hydrogen-bond acceptors (Lipinski definition) is 5. The smallest absolute Gasteiger partial charge is 0.308 e. The Bertz CT molecular complexity index is 801. The van der Waals surface area contributed by atoms with Crippen molar-refractivity contribution in [3.05, 3.63) is 60.7 Å². The Balaban J connectivity index is 2.20. The van der Waals surface area contributed by atoms with E-state index < -0.39 is 32.1 Å². The fraction of sp³-hybridized carbons (Fsp3) is 0.500. The van der Waals surface area contributed by atoms with E-state index >= 15 is 0 Å². The third-order valence-corrected chi connectivity index (χ3v) is 10.3. The van der Waals surface area contributed by atoms with E-state index in [1.165, 1.54) is 0 Å². The molecule has 2 atom stereocenters. The SMILES string of the molecule is CC(C)(C)OC(=O)C[C@H](O)C[C@@H](O)CO[Si](c1ccccc1)(c1ccccc1)C(C)(C)C. The number of esters is 1. The number of benzene rings is 2. The molecule has 0 aromatic heterocycles. The summed E-state index contributed by atoms with van der Waals surface area (Å²) in [5.74, 6) is -0.481. The molecule has 0 saturated carbocycles. The summed E-state index contributed by atoms with van der Waals surface area (Å²) in [5.41, 5.74) is -0.609. The number of aliphatic hydroxyl groups is 2. The molecule has 0 aliphatic carbocycles. The highest BCUT2D eigenvalue weighted by atomic mass is 28.4. The quantitative estimate of drug-likeness (QED) is 0.445. The van der Waals surface area contributed by atoms with Gasteiger partial charge in [0.05, 0.1) is 25.2 Å². The number of hydrogen-bond donors (Lipinski definition) is 2. The molecule has 0 amide bonds. The Morgan fingerprint density at radius 3 is 1.72 bits per heavy atom. The van der Waals surface area contributed by atoms with Gasteiger partial charge in [0.2, 0.25) is 0 Å². The van der Waals surface area contributed by atoms with Crippen LogP contribution in [0.3, 0.4) is 0 Å². The maximum absolute atomic E-state index is 12.0. The highest BCUT2D eigenvalue weighted by molar-refractivity contribution is 6.99. The monoisotopic (exact) mass is 458 g/mol. The standard InChI is InChI=1S/C26H38O5Si/c1-25(2,3)31-24(29)18-20(27)17-21(28)19-30-32(26(4,5)6,22-13-9-7-10-14-22)23-15-11-8-12-16-23/h7-16,20-21,27-28H,17-19H2,1-6H3/t20-,21-/m1/s1. The van der Waals surface area contributed by atoms with Gasteiger partial charge in [0.1, 0.15) is 5.60 Å². The molecule has 32 heavy (non-hydrogen) atoms. The van der Waals surface area contributed by atoms with Gasteiger partial charge < -0.3 is 19.4 Å². The molecule has 0 heterocycles. The van der Waals surface area contributed by atoms with E-state index in [2.05, 4.69) is 45.0 Å². The Kier molecular flexibility index (Phi) is 8.82. The van der Waals surface area contributed by atoms with Gasteiger partial charge in [-0.2, -0.15) is 0 Å². The van der Waals surface area contributed by atoms with Crippen molar-refractivity contribution in [1.82, 2.24) is 0 Å². The van der Waals surface area contributed by atoms with Gasteiger partial charge in [-0.25, -0.2) is 0 Å². The van der Waals surface area contributed by atoms with E-state index in [-0.39, 0.29) is 24.5 Å². The first-order valence-corrected chi connectivity index (χ1v) is 13.1. The first kappa shape index (κ1) is 26.3. The molecular weight excluding hydrogens is 420 g/mol. The number of carbonyl (C=O) groups is 1. The average molecular weight is 459 g/mol. The lowest BCUT2D eigenvalue weighted by molar-refractivity contribution is -0.157. The van der Waals surface area contributed by atoms with Crippen molar-refractivity contribution in [1.29, 1.82) is 0 Å². The molecule has 2 aromatic rings. The zero-order chi connectivity index (χ0) is 24.0. The molecule has 0 fully saturated rings. The second kappa shape index (κ2) is 10.7. The van der Waals surface area contributed by atoms with E-state index in [9.17, 15) is 15.0 Å². The summed E-state index contributed by atoms with van der Waals surface area (Å²) in [4.78, 5) is 12.0. The second-order valence-electron chi connectivity index (χ2n) is 10.3. The number of rotatable bonds is 9. The Morgan fingerprint density at radius 2 is 1.31 bits per heavy atom. The summed E-state index contributed by atoms with van der Waals surface area (Å²) in [6.07, 6.45) is -2.03. The fourth-order valence-electron chi connectivity index (χ4n) is 4.02. The molecule has 2 N–H and O–H groups in total. The van der Waals surface area contributed by atoms with E-state index in [0.717, 1.165) is 10.4 Å². The maximum Gasteiger partial charge on any atom is 0.308 e. The van der Waals surface area contributed by atoms with Gasteiger partial charge in [0.25, 0.3) is 8.32 Å². The van der Waals surface area contributed by atoms with Crippen molar-refractivity contribution in [3.8, 4) is 0 Å². The van der Waals surface area contributed by atoms with Crippen LogP contribution in [0, 0.1) is 0 Å². The molecule has 0 aliphatic rings. The van der Waals surface area contributed by atoms with Crippen LogP contribution in [0.15, 0.2) is 60.7 Å². The minimum atomic E-state index is -2.76. The van der Waals surface area contributed by atoms with Crippen molar-refractivity contribution in [2.75, 3.05) is 6.61 Å². The summed E-state index contributed by atoms with van der Waals surface area (Å²) in [6, 6.07) is 20.4. The summed E-state index contributed by atoms with van der Waals surface area (Å²) < 4.78 is 11.9. The van der Waals surface area contributed by atoms with Crippen LogP contribution in [-0.4, -0.2) is 48.9 Å². The van der Waals surface area contributed by atoms with Gasteiger partial charge in [-0.15, -0.1) is 0 Å². The summed E-state index contributed by atoms with van der Waals surface area (Å²) >= 11 is 0. The lowest BCUT2D eigenvalue weighted by atomic mass is 10.1. The molecule has 0 radical (unpaired) electrons.